The predicted molar refractivity (Wildman–Crippen MR) is 138 cm³/mol. The Morgan fingerprint density at radius 1 is 1.11 bits per heavy atom. The number of carbonyl (C=O) groups is 2. The van der Waals surface area contributed by atoms with Gasteiger partial charge in [-0.3, -0.25) is 4.79 Å². The molecule has 0 aliphatic carbocycles. The van der Waals surface area contributed by atoms with Crippen LogP contribution in [-0.4, -0.2) is 50.4 Å². The van der Waals surface area contributed by atoms with Gasteiger partial charge in [0, 0.05) is 30.4 Å². The van der Waals surface area contributed by atoms with Gasteiger partial charge in [-0.2, -0.15) is 0 Å². The standard InChI is InChI=1S/C27H37N3O5/c1-6-7-16-34-22-11-8-19(9-12-22)25(31)28-20-10-13-23(24(17-20)33-5)30-15-14-21(18-30)29-26(32)35-27(2,3)4/h8-13,17,21H,6-7,14-16,18H2,1-5H3,(H,28,31)(H,29,32). The Kier molecular flexibility index (Phi) is 8.84. The van der Waals surface area contributed by atoms with Crippen LogP contribution in [0.25, 0.3) is 0 Å². The number of rotatable bonds is 9. The number of alkyl carbamates (subject to hydrolysis) is 1. The molecule has 1 aliphatic heterocycles. The third-order valence-electron chi connectivity index (χ3n) is 5.57. The van der Waals surface area contributed by atoms with Crippen molar-refractivity contribution in [1.29, 1.82) is 0 Å². The van der Waals surface area contributed by atoms with Gasteiger partial charge in [-0.05, 0) is 70.0 Å². The van der Waals surface area contributed by atoms with Gasteiger partial charge in [0.25, 0.3) is 5.91 Å². The fourth-order valence-electron chi connectivity index (χ4n) is 3.83. The summed E-state index contributed by atoms with van der Waals surface area (Å²) in [6, 6.07) is 12.7. The summed E-state index contributed by atoms with van der Waals surface area (Å²) < 4.78 is 16.6. The van der Waals surface area contributed by atoms with Gasteiger partial charge in [0.1, 0.15) is 17.1 Å². The van der Waals surface area contributed by atoms with Crippen LogP contribution in [0.5, 0.6) is 11.5 Å². The minimum atomic E-state index is -0.531. The molecule has 0 aromatic heterocycles. The first kappa shape index (κ1) is 26.2. The molecule has 3 rings (SSSR count). The average Bonchev–Trinajstić information content (AvgIpc) is 3.26. The van der Waals surface area contributed by atoms with E-state index in [9.17, 15) is 9.59 Å². The predicted octanol–water partition coefficient (Wildman–Crippen LogP) is 5.23. The molecule has 2 N–H and O–H groups in total. The molecule has 1 heterocycles. The smallest absolute Gasteiger partial charge is 0.407 e. The first-order valence-corrected chi connectivity index (χ1v) is 12.1. The number of methoxy groups -OCH3 is 1. The Balaban J connectivity index is 1.59. The maximum atomic E-state index is 12.7. The van der Waals surface area contributed by atoms with Crippen molar-refractivity contribution in [2.24, 2.45) is 0 Å². The Morgan fingerprint density at radius 2 is 1.86 bits per heavy atom. The van der Waals surface area contributed by atoms with Gasteiger partial charge in [-0.1, -0.05) is 13.3 Å². The van der Waals surface area contributed by atoms with E-state index in [0.29, 0.717) is 30.2 Å². The summed E-state index contributed by atoms with van der Waals surface area (Å²) in [6.45, 7) is 9.74. The lowest BCUT2D eigenvalue weighted by Gasteiger charge is -2.23. The molecule has 1 unspecified atom stereocenters. The number of unbranched alkanes of at least 4 members (excludes halogenated alkanes) is 1. The summed E-state index contributed by atoms with van der Waals surface area (Å²) in [4.78, 5) is 27.0. The number of hydrogen-bond acceptors (Lipinski definition) is 6. The van der Waals surface area contributed by atoms with Crippen molar-refractivity contribution in [3.63, 3.8) is 0 Å². The number of benzene rings is 2. The number of nitrogens with zero attached hydrogens (tertiary/aromatic N) is 1. The Morgan fingerprint density at radius 3 is 2.51 bits per heavy atom. The highest BCUT2D eigenvalue weighted by atomic mass is 16.6. The van der Waals surface area contributed by atoms with Crippen LogP contribution >= 0.6 is 0 Å². The van der Waals surface area contributed by atoms with Gasteiger partial charge >= 0.3 is 6.09 Å². The maximum Gasteiger partial charge on any atom is 0.407 e. The molecule has 35 heavy (non-hydrogen) atoms. The van der Waals surface area contributed by atoms with Crippen LogP contribution in [0.3, 0.4) is 0 Å². The summed E-state index contributed by atoms with van der Waals surface area (Å²) in [5, 5.41) is 5.86. The van der Waals surface area contributed by atoms with E-state index in [0.717, 1.165) is 37.2 Å². The molecule has 1 fully saturated rings. The Hall–Kier alpha value is -3.42. The number of nitrogens with one attached hydrogen (secondary N) is 2. The second-order valence-electron chi connectivity index (χ2n) is 9.64. The van der Waals surface area contributed by atoms with Gasteiger partial charge < -0.3 is 29.7 Å². The lowest BCUT2D eigenvalue weighted by molar-refractivity contribution is 0.0509. The highest BCUT2D eigenvalue weighted by molar-refractivity contribution is 6.04. The van der Waals surface area contributed by atoms with Crippen LogP contribution in [0, 0.1) is 0 Å². The van der Waals surface area contributed by atoms with Crippen molar-refractivity contribution in [1.82, 2.24) is 5.32 Å². The largest absolute Gasteiger partial charge is 0.495 e. The van der Waals surface area contributed by atoms with Crippen LogP contribution in [0.1, 0.15) is 57.3 Å². The molecule has 2 aromatic carbocycles. The summed E-state index contributed by atoms with van der Waals surface area (Å²) in [5.74, 6) is 1.20. The normalized spacial score (nSPS) is 15.5. The van der Waals surface area contributed by atoms with Gasteiger partial charge in [-0.25, -0.2) is 4.79 Å². The van der Waals surface area contributed by atoms with Gasteiger partial charge in [0.2, 0.25) is 0 Å². The minimum Gasteiger partial charge on any atom is -0.495 e. The van der Waals surface area contributed by atoms with Gasteiger partial charge in [-0.15, -0.1) is 0 Å². The van der Waals surface area contributed by atoms with Crippen molar-refractivity contribution >= 4 is 23.4 Å². The van der Waals surface area contributed by atoms with Crippen LogP contribution in [-0.2, 0) is 4.74 Å². The van der Waals surface area contributed by atoms with E-state index in [1.807, 2.05) is 51.1 Å². The molecule has 0 spiro atoms. The Bertz CT molecular complexity index is 1000. The molecule has 190 valence electrons. The molecule has 8 nitrogen and oxygen atoms in total. The molecule has 1 saturated heterocycles. The van der Waals surface area contributed by atoms with E-state index in [2.05, 4.69) is 22.5 Å². The lowest BCUT2D eigenvalue weighted by atomic mass is 10.2. The monoisotopic (exact) mass is 483 g/mol. The fourth-order valence-corrected chi connectivity index (χ4v) is 3.83. The zero-order chi connectivity index (χ0) is 25.4. The van der Waals surface area contributed by atoms with Gasteiger partial charge in [0.05, 0.1) is 25.4 Å². The number of carbonyl (C=O) groups excluding carboxylic acids is 2. The first-order chi connectivity index (χ1) is 16.7. The summed E-state index contributed by atoms with van der Waals surface area (Å²) in [5.41, 5.74) is 1.57. The SMILES string of the molecule is CCCCOc1ccc(C(=O)Nc2ccc(N3CCC(NC(=O)OC(C)(C)C)C3)c(OC)c2)cc1. The van der Waals surface area contributed by atoms with E-state index in [4.69, 9.17) is 14.2 Å². The van der Waals surface area contributed by atoms with Crippen molar-refractivity contribution in [2.75, 3.05) is 37.0 Å². The van der Waals surface area contributed by atoms with E-state index >= 15 is 0 Å². The zero-order valence-electron chi connectivity index (χ0n) is 21.3. The molecular weight excluding hydrogens is 446 g/mol. The summed E-state index contributed by atoms with van der Waals surface area (Å²) in [6.07, 6.45) is 2.47. The summed E-state index contributed by atoms with van der Waals surface area (Å²) in [7, 11) is 1.61. The van der Waals surface area contributed by atoms with E-state index < -0.39 is 11.7 Å². The van der Waals surface area contributed by atoms with Crippen molar-refractivity contribution in [3.8, 4) is 11.5 Å². The molecule has 0 radical (unpaired) electrons. The highest BCUT2D eigenvalue weighted by Gasteiger charge is 2.28. The van der Waals surface area contributed by atoms with Crippen LogP contribution in [0.2, 0.25) is 0 Å². The van der Waals surface area contributed by atoms with E-state index in [1.165, 1.54) is 0 Å². The number of hydrogen-bond donors (Lipinski definition) is 2. The second-order valence-corrected chi connectivity index (χ2v) is 9.64. The quantitative estimate of drug-likeness (QED) is 0.475. The molecule has 0 saturated carbocycles. The zero-order valence-corrected chi connectivity index (χ0v) is 21.3. The molecular formula is C27H37N3O5. The minimum absolute atomic E-state index is 0.0112. The van der Waals surface area contributed by atoms with E-state index in [1.54, 1.807) is 19.2 Å². The van der Waals surface area contributed by atoms with Gasteiger partial charge in [0.15, 0.2) is 0 Å². The summed E-state index contributed by atoms with van der Waals surface area (Å²) >= 11 is 0. The fraction of sp³-hybridized carbons (Fsp3) is 0.481. The topological polar surface area (TPSA) is 89.1 Å². The van der Waals surface area contributed by atoms with Crippen molar-refractivity contribution in [2.45, 2.75) is 58.6 Å². The third-order valence-corrected chi connectivity index (χ3v) is 5.57. The Labute approximate surface area is 207 Å². The third kappa shape index (κ3) is 7.80. The molecule has 1 atom stereocenters. The first-order valence-electron chi connectivity index (χ1n) is 12.1. The second kappa shape index (κ2) is 11.8. The number of anilines is 2. The molecule has 8 heteroatoms. The lowest BCUT2D eigenvalue weighted by Crippen LogP contribution is -2.40. The number of amides is 2. The van der Waals surface area contributed by atoms with Crippen LogP contribution in [0.15, 0.2) is 42.5 Å². The van der Waals surface area contributed by atoms with Crippen LogP contribution < -0.4 is 25.0 Å². The van der Waals surface area contributed by atoms with Crippen molar-refractivity contribution < 1.29 is 23.8 Å². The number of ether oxygens (including phenoxy) is 3. The molecule has 2 aromatic rings. The maximum absolute atomic E-state index is 12.7. The van der Waals surface area contributed by atoms with E-state index in [-0.39, 0.29) is 11.9 Å². The molecule has 2 amide bonds. The van der Waals surface area contributed by atoms with Crippen LogP contribution in [0.4, 0.5) is 16.2 Å². The van der Waals surface area contributed by atoms with Crippen molar-refractivity contribution in [3.05, 3.63) is 48.0 Å². The highest BCUT2D eigenvalue weighted by Crippen LogP contribution is 2.33. The average molecular weight is 484 g/mol. The molecule has 0 bridgehead atoms. The molecule has 1 aliphatic rings.